The Balaban J connectivity index is 2.45. The minimum absolute atomic E-state index is 0.0324. The Bertz CT molecular complexity index is 518. The molecule has 0 spiro atoms. The molecule has 0 radical (unpaired) electrons. The average molecular weight is 380 g/mol. The van der Waals surface area contributed by atoms with Crippen LogP contribution in [-0.2, 0) is 4.79 Å². The van der Waals surface area contributed by atoms with Crippen LogP contribution < -0.4 is 0 Å². The van der Waals surface area contributed by atoms with Gasteiger partial charge in [0.25, 0.3) is 0 Å². The van der Waals surface area contributed by atoms with Crippen LogP contribution in [0.3, 0.4) is 0 Å². The molecular formula is C13H12ClFINO. The number of hydrogen-bond donors (Lipinski definition) is 0. The molecule has 1 unspecified atom stereocenters. The highest BCUT2D eigenvalue weighted by Crippen LogP contribution is 2.31. The molecular weight excluding hydrogens is 368 g/mol. The lowest BCUT2D eigenvalue weighted by Crippen LogP contribution is -2.38. The van der Waals surface area contributed by atoms with Crippen LogP contribution in [0.2, 0.25) is 5.02 Å². The fourth-order valence-electron chi connectivity index (χ4n) is 1.99. The Morgan fingerprint density at radius 3 is 2.89 bits per heavy atom. The van der Waals surface area contributed by atoms with Crippen LogP contribution >= 0.6 is 34.2 Å². The maximum absolute atomic E-state index is 13.9. The van der Waals surface area contributed by atoms with E-state index >= 15 is 0 Å². The molecule has 0 saturated carbocycles. The summed E-state index contributed by atoms with van der Waals surface area (Å²) in [5.41, 5.74) is 1.07. The summed E-state index contributed by atoms with van der Waals surface area (Å²) in [4.78, 5) is 13.7. The Labute approximate surface area is 124 Å². The SMILES string of the molecule is CCN1C(=O)C(I)CC=C1c1ccc(Cl)cc1F. The van der Waals surface area contributed by atoms with Gasteiger partial charge in [-0.05, 0) is 31.5 Å². The minimum Gasteiger partial charge on any atom is -0.311 e. The fourth-order valence-corrected chi connectivity index (χ4v) is 2.74. The Morgan fingerprint density at radius 2 is 2.28 bits per heavy atom. The number of benzene rings is 1. The number of halogens is 3. The first kappa shape index (κ1) is 13.8. The van der Waals surface area contributed by atoms with Gasteiger partial charge in [-0.25, -0.2) is 4.39 Å². The van der Waals surface area contributed by atoms with Crippen molar-refractivity contribution in [1.82, 2.24) is 4.90 Å². The van der Waals surface area contributed by atoms with E-state index in [4.69, 9.17) is 11.6 Å². The molecule has 1 aliphatic heterocycles. The summed E-state index contributed by atoms with van der Waals surface area (Å²) in [5, 5.41) is 0.355. The summed E-state index contributed by atoms with van der Waals surface area (Å²) in [7, 11) is 0. The summed E-state index contributed by atoms with van der Waals surface area (Å²) in [5.74, 6) is -0.364. The lowest BCUT2D eigenvalue weighted by molar-refractivity contribution is -0.127. The van der Waals surface area contributed by atoms with Crippen molar-refractivity contribution in [3.63, 3.8) is 0 Å². The third-order valence-corrected chi connectivity index (χ3v) is 4.14. The largest absolute Gasteiger partial charge is 0.311 e. The molecule has 1 aromatic carbocycles. The van der Waals surface area contributed by atoms with E-state index in [0.29, 0.717) is 29.2 Å². The molecule has 0 aromatic heterocycles. The predicted molar refractivity (Wildman–Crippen MR) is 79.2 cm³/mol. The minimum atomic E-state index is -0.396. The number of carbonyl (C=O) groups excluding carboxylic acids is 1. The van der Waals surface area contributed by atoms with Crippen molar-refractivity contribution in [3.05, 3.63) is 40.7 Å². The van der Waals surface area contributed by atoms with Crippen LogP contribution in [-0.4, -0.2) is 21.3 Å². The van der Waals surface area contributed by atoms with Crippen molar-refractivity contribution < 1.29 is 9.18 Å². The van der Waals surface area contributed by atoms with Gasteiger partial charge in [0.15, 0.2) is 0 Å². The van der Waals surface area contributed by atoms with E-state index in [1.165, 1.54) is 6.07 Å². The van der Waals surface area contributed by atoms with Gasteiger partial charge in [-0.3, -0.25) is 4.79 Å². The maximum Gasteiger partial charge on any atom is 0.240 e. The second-order valence-corrected chi connectivity index (χ2v) is 5.94. The van der Waals surface area contributed by atoms with E-state index in [0.717, 1.165) is 0 Å². The first-order valence-corrected chi connectivity index (χ1v) is 7.28. The Hall–Kier alpha value is -0.620. The van der Waals surface area contributed by atoms with Crippen molar-refractivity contribution in [1.29, 1.82) is 0 Å². The van der Waals surface area contributed by atoms with Crippen molar-refractivity contribution in [2.45, 2.75) is 17.3 Å². The smallest absolute Gasteiger partial charge is 0.240 e. The topological polar surface area (TPSA) is 20.3 Å². The number of alkyl halides is 1. The highest BCUT2D eigenvalue weighted by molar-refractivity contribution is 14.1. The highest BCUT2D eigenvalue weighted by Gasteiger charge is 2.29. The second kappa shape index (κ2) is 5.57. The summed E-state index contributed by atoms with van der Waals surface area (Å²) in [6, 6.07) is 4.52. The second-order valence-electron chi connectivity index (χ2n) is 4.00. The normalized spacial score (nSPS) is 20.0. The number of hydrogen-bond acceptors (Lipinski definition) is 1. The molecule has 0 aliphatic carbocycles. The monoisotopic (exact) mass is 379 g/mol. The van der Waals surface area contributed by atoms with Crippen LogP contribution in [0.25, 0.3) is 5.70 Å². The molecule has 96 valence electrons. The number of allylic oxidation sites excluding steroid dienone is 1. The Morgan fingerprint density at radius 1 is 1.56 bits per heavy atom. The van der Waals surface area contributed by atoms with Gasteiger partial charge in [0.2, 0.25) is 5.91 Å². The van der Waals surface area contributed by atoms with Gasteiger partial charge >= 0.3 is 0 Å². The van der Waals surface area contributed by atoms with Crippen molar-refractivity contribution in [2.24, 2.45) is 0 Å². The van der Waals surface area contributed by atoms with E-state index < -0.39 is 5.82 Å². The zero-order valence-electron chi connectivity index (χ0n) is 9.79. The van der Waals surface area contributed by atoms with E-state index in [1.807, 2.05) is 13.0 Å². The van der Waals surface area contributed by atoms with E-state index in [-0.39, 0.29) is 9.83 Å². The number of carbonyl (C=O) groups is 1. The number of nitrogens with zero attached hydrogens (tertiary/aromatic N) is 1. The fraction of sp³-hybridized carbons (Fsp3) is 0.308. The van der Waals surface area contributed by atoms with Crippen LogP contribution in [0.1, 0.15) is 18.9 Å². The number of rotatable bonds is 2. The molecule has 2 nitrogen and oxygen atoms in total. The molecule has 1 heterocycles. The lowest BCUT2D eigenvalue weighted by Gasteiger charge is -2.30. The van der Waals surface area contributed by atoms with Gasteiger partial charge in [0, 0.05) is 22.8 Å². The number of amides is 1. The third kappa shape index (κ3) is 2.54. The van der Waals surface area contributed by atoms with Gasteiger partial charge in [-0.2, -0.15) is 0 Å². The first-order valence-electron chi connectivity index (χ1n) is 5.65. The molecule has 0 N–H and O–H groups in total. The van der Waals surface area contributed by atoms with Crippen LogP contribution in [0.5, 0.6) is 0 Å². The molecule has 1 aliphatic rings. The third-order valence-electron chi connectivity index (χ3n) is 2.87. The molecule has 2 rings (SSSR count). The zero-order chi connectivity index (χ0) is 13.3. The van der Waals surface area contributed by atoms with Gasteiger partial charge in [-0.1, -0.05) is 40.3 Å². The van der Waals surface area contributed by atoms with E-state index in [1.54, 1.807) is 17.0 Å². The summed E-state index contributed by atoms with van der Waals surface area (Å²) in [6.45, 7) is 2.42. The molecule has 1 atom stereocenters. The maximum atomic E-state index is 13.9. The van der Waals surface area contributed by atoms with Crippen LogP contribution in [0.4, 0.5) is 4.39 Å². The van der Waals surface area contributed by atoms with Crippen molar-refractivity contribution in [2.75, 3.05) is 6.54 Å². The molecule has 1 amide bonds. The van der Waals surface area contributed by atoms with Gasteiger partial charge in [0.1, 0.15) is 5.82 Å². The van der Waals surface area contributed by atoms with Gasteiger partial charge in [-0.15, -0.1) is 0 Å². The van der Waals surface area contributed by atoms with Gasteiger partial charge in [0.05, 0.1) is 3.92 Å². The van der Waals surface area contributed by atoms with Crippen molar-refractivity contribution in [3.8, 4) is 0 Å². The standard InChI is InChI=1S/C13H12ClFINO/c1-2-17-12(6-5-11(16)13(17)18)9-4-3-8(14)7-10(9)15/h3-4,6-7,11H,2,5H2,1H3. The van der Waals surface area contributed by atoms with Crippen LogP contribution in [0.15, 0.2) is 24.3 Å². The zero-order valence-corrected chi connectivity index (χ0v) is 12.7. The Kier molecular flexibility index (Phi) is 4.27. The highest BCUT2D eigenvalue weighted by atomic mass is 127. The van der Waals surface area contributed by atoms with E-state index in [9.17, 15) is 9.18 Å². The van der Waals surface area contributed by atoms with E-state index in [2.05, 4.69) is 22.6 Å². The summed E-state index contributed by atoms with van der Waals surface area (Å²) < 4.78 is 13.8. The molecule has 0 bridgehead atoms. The molecule has 0 fully saturated rings. The quantitative estimate of drug-likeness (QED) is 0.564. The lowest BCUT2D eigenvalue weighted by atomic mass is 10.0. The summed E-state index contributed by atoms with van der Waals surface area (Å²) >= 11 is 7.85. The van der Waals surface area contributed by atoms with Crippen LogP contribution in [0, 0.1) is 5.82 Å². The predicted octanol–water partition coefficient (Wildman–Crippen LogP) is 3.88. The molecule has 5 heteroatoms. The molecule has 1 aromatic rings. The molecule has 0 saturated heterocycles. The van der Waals surface area contributed by atoms with Crippen molar-refractivity contribution >= 4 is 45.8 Å². The van der Waals surface area contributed by atoms with Gasteiger partial charge < -0.3 is 4.90 Å². The average Bonchev–Trinajstić information content (AvgIpc) is 2.33. The summed E-state index contributed by atoms with van der Waals surface area (Å²) in [6.07, 6.45) is 2.54. The first-order chi connectivity index (χ1) is 8.54. The molecule has 18 heavy (non-hydrogen) atoms.